The van der Waals surface area contributed by atoms with Gasteiger partial charge in [-0.2, -0.15) is 9.97 Å². The van der Waals surface area contributed by atoms with Crippen LogP contribution < -0.4 is 16.0 Å². The lowest BCUT2D eigenvalue weighted by atomic mass is 9.78. The molecule has 2 saturated heterocycles. The van der Waals surface area contributed by atoms with Crippen LogP contribution >= 0.6 is 0 Å². The van der Waals surface area contributed by atoms with Gasteiger partial charge in [-0.1, -0.05) is 12.1 Å². The van der Waals surface area contributed by atoms with Crippen molar-refractivity contribution in [2.75, 3.05) is 44.0 Å². The predicted octanol–water partition coefficient (Wildman–Crippen LogP) is 2.64. The van der Waals surface area contributed by atoms with Gasteiger partial charge >= 0.3 is 0 Å². The van der Waals surface area contributed by atoms with Gasteiger partial charge in [0.25, 0.3) is 5.91 Å². The molecular formula is C23H26N6O2. The van der Waals surface area contributed by atoms with E-state index in [0.29, 0.717) is 28.4 Å². The number of hydrogen-bond donors (Lipinski definition) is 2. The van der Waals surface area contributed by atoms with Crippen LogP contribution in [0.25, 0.3) is 22.3 Å². The van der Waals surface area contributed by atoms with Crippen molar-refractivity contribution in [2.45, 2.75) is 19.3 Å². The monoisotopic (exact) mass is 418 g/mol. The lowest BCUT2D eigenvalue weighted by Gasteiger charge is -2.38. The minimum Gasteiger partial charge on any atom is -0.383 e. The quantitative estimate of drug-likeness (QED) is 0.673. The summed E-state index contributed by atoms with van der Waals surface area (Å²) in [4.78, 5) is 28.2. The Morgan fingerprint density at radius 3 is 2.71 bits per heavy atom. The van der Waals surface area contributed by atoms with Crippen molar-refractivity contribution in [3.63, 3.8) is 0 Å². The van der Waals surface area contributed by atoms with Crippen molar-refractivity contribution in [3.8, 4) is 11.3 Å². The Morgan fingerprint density at radius 2 is 1.97 bits per heavy atom. The van der Waals surface area contributed by atoms with Gasteiger partial charge in [0.15, 0.2) is 5.65 Å². The van der Waals surface area contributed by atoms with E-state index in [9.17, 15) is 4.79 Å². The lowest BCUT2D eigenvalue weighted by Crippen LogP contribution is -2.41. The summed E-state index contributed by atoms with van der Waals surface area (Å²) in [7, 11) is 1.62. The third kappa shape index (κ3) is 3.67. The van der Waals surface area contributed by atoms with Crippen LogP contribution in [0.3, 0.4) is 0 Å². The molecule has 1 spiro atoms. The van der Waals surface area contributed by atoms with E-state index in [1.807, 2.05) is 30.3 Å². The molecule has 0 bridgehead atoms. The van der Waals surface area contributed by atoms with Crippen LogP contribution in [0, 0.1) is 5.41 Å². The first-order valence-corrected chi connectivity index (χ1v) is 10.7. The largest absolute Gasteiger partial charge is 0.383 e. The van der Waals surface area contributed by atoms with Gasteiger partial charge in [0, 0.05) is 37.9 Å². The second-order valence-electron chi connectivity index (χ2n) is 8.43. The smallest absolute Gasteiger partial charge is 0.251 e. The van der Waals surface area contributed by atoms with Crippen LogP contribution in [-0.4, -0.2) is 54.2 Å². The molecule has 3 N–H and O–H groups in total. The Labute approximate surface area is 180 Å². The van der Waals surface area contributed by atoms with E-state index in [1.54, 1.807) is 13.1 Å². The molecule has 1 aromatic carbocycles. The molecule has 4 heterocycles. The highest BCUT2D eigenvalue weighted by Gasteiger charge is 2.38. The summed E-state index contributed by atoms with van der Waals surface area (Å²) >= 11 is 0. The number of ether oxygens (including phenoxy) is 1. The number of amides is 1. The van der Waals surface area contributed by atoms with Crippen molar-refractivity contribution in [1.29, 1.82) is 0 Å². The fraction of sp³-hybridized carbons (Fsp3) is 0.391. The van der Waals surface area contributed by atoms with E-state index in [0.717, 1.165) is 62.2 Å². The molecule has 2 aromatic heterocycles. The Hall–Kier alpha value is -3.26. The molecule has 2 aliphatic rings. The second-order valence-corrected chi connectivity index (χ2v) is 8.43. The summed E-state index contributed by atoms with van der Waals surface area (Å²) in [5.74, 6) is 0.928. The summed E-state index contributed by atoms with van der Waals surface area (Å²) in [6, 6.07) is 11.2. The average molecular weight is 419 g/mol. The molecule has 3 aromatic rings. The van der Waals surface area contributed by atoms with Gasteiger partial charge in [0.1, 0.15) is 5.82 Å². The number of carbonyl (C=O) groups is 1. The maximum atomic E-state index is 12.0. The topological polar surface area (TPSA) is 106 Å². The molecular weight excluding hydrogens is 392 g/mol. The van der Waals surface area contributed by atoms with Crippen LogP contribution in [0.4, 0.5) is 11.8 Å². The van der Waals surface area contributed by atoms with Crippen molar-refractivity contribution in [1.82, 2.24) is 20.3 Å². The number of nitrogens with two attached hydrogens (primary N) is 1. The Kier molecular flexibility index (Phi) is 4.94. The first kappa shape index (κ1) is 19.7. The number of nitrogens with zero attached hydrogens (tertiary/aromatic N) is 4. The van der Waals surface area contributed by atoms with Crippen molar-refractivity contribution in [3.05, 3.63) is 42.0 Å². The first-order valence-electron chi connectivity index (χ1n) is 10.7. The zero-order valence-corrected chi connectivity index (χ0v) is 17.6. The number of hydrogen-bond acceptors (Lipinski definition) is 7. The number of nitrogen functional groups attached to an aromatic ring is 1. The molecule has 31 heavy (non-hydrogen) atoms. The lowest BCUT2D eigenvalue weighted by molar-refractivity contribution is 0.0963. The molecule has 5 rings (SSSR count). The molecule has 8 nitrogen and oxygen atoms in total. The number of aromatic nitrogens is 3. The van der Waals surface area contributed by atoms with Crippen LogP contribution in [0.5, 0.6) is 0 Å². The number of nitrogens with one attached hydrogen (secondary N) is 1. The zero-order valence-electron chi connectivity index (χ0n) is 17.6. The van der Waals surface area contributed by atoms with Crippen LogP contribution in [0.1, 0.15) is 29.6 Å². The summed E-state index contributed by atoms with van der Waals surface area (Å²) in [5, 5.41) is 3.38. The van der Waals surface area contributed by atoms with E-state index in [-0.39, 0.29) is 5.91 Å². The van der Waals surface area contributed by atoms with Crippen molar-refractivity contribution in [2.24, 2.45) is 5.41 Å². The molecule has 8 heteroatoms. The molecule has 0 saturated carbocycles. The summed E-state index contributed by atoms with van der Waals surface area (Å²) in [6.07, 6.45) is 3.30. The second kappa shape index (κ2) is 7.77. The maximum Gasteiger partial charge on any atom is 0.251 e. The van der Waals surface area contributed by atoms with E-state index < -0.39 is 0 Å². The number of fused-ring (bicyclic) bond motifs is 1. The predicted molar refractivity (Wildman–Crippen MR) is 120 cm³/mol. The number of anilines is 2. The first-order chi connectivity index (χ1) is 15.1. The molecule has 0 radical (unpaired) electrons. The van der Waals surface area contributed by atoms with E-state index in [1.165, 1.54) is 0 Å². The molecule has 0 atom stereocenters. The number of piperidine rings is 1. The molecule has 2 aliphatic heterocycles. The van der Waals surface area contributed by atoms with Gasteiger partial charge in [-0.25, -0.2) is 4.98 Å². The van der Waals surface area contributed by atoms with E-state index in [4.69, 9.17) is 20.4 Å². The minimum absolute atomic E-state index is 0.132. The van der Waals surface area contributed by atoms with Gasteiger partial charge in [0.05, 0.1) is 17.7 Å². The van der Waals surface area contributed by atoms with Crippen molar-refractivity contribution >= 4 is 28.7 Å². The zero-order chi connectivity index (χ0) is 21.4. The van der Waals surface area contributed by atoms with Crippen molar-refractivity contribution < 1.29 is 9.53 Å². The number of carbonyl (C=O) groups excluding carboxylic acids is 1. The molecule has 1 amide bonds. The maximum absolute atomic E-state index is 12.0. The average Bonchev–Trinajstić information content (AvgIpc) is 3.26. The Morgan fingerprint density at radius 1 is 1.13 bits per heavy atom. The highest BCUT2D eigenvalue weighted by atomic mass is 16.5. The number of rotatable bonds is 3. The van der Waals surface area contributed by atoms with Gasteiger partial charge in [-0.05, 0) is 48.9 Å². The highest BCUT2D eigenvalue weighted by molar-refractivity contribution is 5.95. The standard InChI is InChI=1S/C23H26N6O2/c1-25-21(30)16-4-2-3-15(13-16)18-6-5-17-19(24)27-22(28-20(17)26-18)29-10-7-23(8-11-29)9-12-31-14-23/h2-6,13H,7-12,14H2,1H3,(H,25,30)(H2,24,26,27,28). The Bertz CT molecular complexity index is 1130. The van der Waals surface area contributed by atoms with E-state index in [2.05, 4.69) is 15.2 Å². The summed E-state index contributed by atoms with van der Waals surface area (Å²) in [5.41, 5.74) is 9.32. The summed E-state index contributed by atoms with van der Waals surface area (Å²) in [6.45, 7) is 3.51. The fourth-order valence-corrected chi connectivity index (χ4v) is 4.51. The SMILES string of the molecule is CNC(=O)c1cccc(-c2ccc3c(N)nc(N4CCC5(CCOC5)CC4)nc3n2)c1. The number of pyridine rings is 1. The van der Waals surface area contributed by atoms with Gasteiger partial charge in [-0.15, -0.1) is 0 Å². The molecule has 0 unspecified atom stereocenters. The van der Waals surface area contributed by atoms with Crippen LogP contribution in [0.2, 0.25) is 0 Å². The van der Waals surface area contributed by atoms with Gasteiger partial charge in [-0.3, -0.25) is 4.79 Å². The number of benzene rings is 1. The Balaban J connectivity index is 1.46. The van der Waals surface area contributed by atoms with Gasteiger partial charge in [0.2, 0.25) is 5.95 Å². The summed E-state index contributed by atoms with van der Waals surface area (Å²) < 4.78 is 5.64. The van der Waals surface area contributed by atoms with Crippen LogP contribution in [-0.2, 0) is 4.74 Å². The molecule has 2 fully saturated rings. The van der Waals surface area contributed by atoms with Gasteiger partial charge < -0.3 is 20.7 Å². The van der Waals surface area contributed by atoms with Crippen LogP contribution in [0.15, 0.2) is 36.4 Å². The van der Waals surface area contributed by atoms with E-state index >= 15 is 0 Å². The molecule has 160 valence electrons. The molecule has 0 aliphatic carbocycles. The normalized spacial score (nSPS) is 17.9. The third-order valence-corrected chi connectivity index (χ3v) is 6.52. The fourth-order valence-electron chi connectivity index (χ4n) is 4.51. The third-order valence-electron chi connectivity index (χ3n) is 6.52. The highest BCUT2D eigenvalue weighted by Crippen LogP contribution is 2.40. The minimum atomic E-state index is -0.132.